The van der Waals surface area contributed by atoms with Gasteiger partial charge >= 0.3 is 6.01 Å². The lowest BCUT2D eigenvalue weighted by molar-refractivity contribution is 0.102. The summed E-state index contributed by atoms with van der Waals surface area (Å²) < 4.78 is 5.99. The Bertz CT molecular complexity index is 1200. The van der Waals surface area contributed by atoms with Crippen molar-refractivity contribution in [2.45, 2.75) is 27.3 Å². The average Bonchev–Trinajstić information content (AvgIpc) is 2.82. The van der Waals surface area contributed by atoms with E-state index in [1.807, 2.05) is 77.3 Å². The standard InChI is InChI=1S/C27H31N5O2/c1-6-21(17-28-7-2)24-13-14-29-27(31-24)34-25-16-23(12-11-19(25)3)30-26(33)22-10-8-9-20(15-22)18-32(4)5/h6,8-17H,7,18H2,1-5H3,(H,30,33)/b21-6+,28-17?. The lowest BCUT2D eigenvalue weighted by Crippen LogP contribution is -2.14. The summed E-state index contributed by atoms with van der Waals surface area (Å²) in [5.74, 6) is 0.391. The van der Waals surface area contributed by atoms with Gasteiger partial charge in [-0.25, -0.2) is 4.98 Å². The number of hydrogen-bond acceptors (Lipinski definition) is 6. The topological polar surface area (TPSA) is 79.7 Å². The maximum absolute atomic E-state index is 12.8. The van der Waals surface area contributed by atoms with Crippen molar-refractivity contribution in [2.24, 2.45) is 4.99 Å². The molecule has 0 atom stereocenters. The van der Waals surface area contributed by atoms with Gasteiger partial charge in [0.15, 0.2) is 0 Å². The minimum Gasteiger partial charge on any atom is -0.424 e. The molecule has 2 aromatic carbocycles. The van der Waals surface area contributed by atoms with Crippen molar-refractivity contribution in [3.63, 3.8) is 0 Å². The maximum atomic E-state index is 12.8. The highest BCUT2D eigenvalue weighted by atomic mass is 16.5. The van der Waals surface area contributed by atoms with Crippen LogP contribution < -0.4 is 10.1 Å². The number of allylic oxidation sites excluding steroid dienone is 2. The predicted octanol–water partition coefficient (Wildman–Crippen LogP) is 5.39. The van der Waals surface area contributed by atoms with Gasteiger partial charge in [0.25, 0.3) is 5.91 Å². The Labute approximate surface area is 201 Å². The number of carbonyl (C=O) groups is 1. The van der Waals surface area contributed by atoms with E-state index in [1.165, 1.54) is 0 Å². The zero-order valence-corrected chi connectivity index (χ0v) is 20.4. The van der Waals surface area contributed by atoms with E-state index in [0.29, 0.717) is 23.5 Å². The van der Waals surface area contributed by atoms with Gasteiger partial charge in [-0.05, 0) is 70.3 Å². The fraction of sp³-hybridized carbons (Fsp3) is 0.259. The number of aromatic nitrogens is 2. The third-order valence-electron chi connectivity index (χ3n) is 4.99. The molecule has 0 aliphatic carbocycles. The monoisotopic (exact) mass is 457 g/mol. The number of aliphatic imine (C=N–C) groups is 1. The number of benzene rings is 2. The molecule has 1 aromatic heterocycles. The summed E-state index contributed by atoms with van der Waals surface area (Å²) in [6, 6.07) is 15.2. The van der Waals surface area contributed by atoms with Gasteiger partial charge in [-0.3, -0.25) is 9.79 Å². The van der Waals surface area contributed by atoms with Crippen LogP contribution in [0.25, 0.3) is 5.57 Å². The quantitative estimate of drug-likeness (QED) is 0.436. The largest absolute Gasteiger partial charge is 0.424 e. The van der Waals surface area contributed by atoms with E-state index in [9.17, 15) is 4.79 Å². The Morgan fingerprint density at radius 1 is 1.18 bits per heavy atom. The molecule has 34 heavy (non-hydrogen) atoms. The summed E-state index contributed by atoms with van der Waals surface area (Å²) in [6.07, 6.45) is 5.39. The number of carbonyl (C=O) groups excluding carboxylic acids is 1. The van der Waals surface area contributed by atoms with Gasteiger partial charge in [0.2, 0.25) is 0 Å². The predicted molar refractivity (Wildman–Crippen MR) is 138 cm³/mol. The molecule has 0 unspecified atom stereocenters. The van der Waals surface area contributed by atoms with Crippen molar-refractivity contribution >= 4 is 23.4 Å². The smallest absolute Gasteiger partial charge is 0.322 e. The molecule has 7 heteroatoms. The van der Waals surface area contributed by atoms with Crippen LogP contribution in [0.15, 0.2) is 65.8 Å². The Hall–Kier alpha value is -3.84. The molecule has 0 fully saturated rings. The van der Waals surface area contributed by atoms with Gasteiger partial charge in [0.05, 0.1) is 5.69 Å². The van der Waals surface area contributed by atoms with E-state index < -0.39 is 0 Å². The molecule has 0 radical (unpaired) electrons. The Morgan fingerprint density at radius 3 is 2.74 bits per heavy atom. The van der Waals surface area contributed by atoms with Gasteiger partial charge < -0.3 is 15.0 Å². The van der Waals surface area contributed by atoms with Crippen LogP contribution in [0.2, 0.25) is 0 Å². The van der Waals surface area contributed by atoms with E-state index in [1.54, 1.807) is 24.5 Å². The van der Waals surface area contributed by atoms with Crippen LogP contribution in [0.5, 0.6) is 11.8 Å². The zero-order chi connectivity index (χ0) is 24.5. The van der Waals surface area contributed by atoms with Gasteiger partial charge in [-0.1, -0.05) is 24.3 Å². The van der Waals surface area contributed by atoms with Crippen molar-refractivity contribution < 1.29 is 9.53 Å². The lowest BCUT2D eigenvalue weighted by atomic mass is 10.1. The second kappa shape index (κ2) is 11.9. The SMILES string of the molecule is C/C=C(\C=NCC)c1ccnc(Oc2cc(NC(=O)c3cccc(CN(C)C)c3)ccc2C)n1. The Morgan fingerprint density at radius 2 is 2.00 bits per heavy atom. The van der Waals surface area contributed by atoms with Crippen LogP contribution >= 0.6 is 0 Å². The summed E-state index contributed by atoms with van der Waals surface area (Å²) in [6.45, 7) is 7.31. The number of aryl methyl sites for hydroxylation is 1. The van der Waals surface area contributed by atoms with E-state index in [4.69, 9.17) is 4.74 Å². The molecular formula is C27H31N5O2. The number of amides is 1. The number of hydrogen-bond donors (Lipinski definition) is 1. The molecular weight excluding hydrogens is 426 g/mol. The van der Waals surface area contributed by atoms with E-state index in [-0.39, 0.29) is 11.9 Å². The first-order valence-corrected chi connectivity index (χ1v) is 11.2. The van der Waals surface area contributed by atoms with Crippen LogP contribution in [-0.2, 0) is 6.54 Å². The number of anilines is 1. The number of nitrogens with zero attached hydrogens (tertiary/aromatic N) is 4. The molecule has 1 amide bonds. The van der Waals surface area contributed by atoms with Crippen LogP contribution in [0.3, 0.4) is 0 Å². The molecule has 176 valence electrons. The van der Waals surface area contributed by atoms with E-state index >= 15 is 0 Å². The molecule has 0 aliphatic rings. The lowest BCUT2D eigenvalue weighted by Gasteiger charge is -2.13. The van der Waals surface area contributed by atoms with Crippen molar-refractivity contribution in [2.75, 3.05) is 26.0 Å². The second-order valence-electron chi connectivity index (χ2n) is 8.07. The van der Waals surface area contributed by atoms with Crippen molar-refractivity contribution in [3.05, 3.63) is 83.2 Å². The zero-order valence-electron chi connectivity index (χ0n) is 20.4. The molecule has 0 bridgehead atoms. The molecule has 0 saturated heterocycles. The van der Waals surface area contributed by atoms with Gasteiger partial charge in [0, 0.05) is 48.4 Å². The van der Waals surface area contributed by atoms with Gasteiger partial charge in [-0.15, -0.1) is 0 Å². The summed E-state index contributed by atoms with van der Waals surface area (Å²) in [7, 11) is 4.00. The van der Waals surface area contributed by atoms with Crippen LogP contribution in [0.4, 0.5) is 5.69 Å². The Balaban J connectivity index is 1.78. The fourth-order valence-electron chi connectivity index (χ4n) is 3.29. The minimum absolute atomic E-state index is 0.179. The fourth-order valence-corrected chi connectivity index (χ4v) is 3.29. The van der Waals surface area contributed by atoms with Gasteiger partial charge in [-0.2, -0.15) is 4.98 Å². The van der Waals surface area contributed by atoms with Crippen LogP contribution in [-0.4, -0.2) is 47.6 Å². The number of nitrogens with one attached hydrogen (secondary N) is 1. The molecule has 0 spiro atoms. The maximum Gasteiger partial charge on any atom is 0.322 e. The van der Waals surface area contributed by atoms with Crippen LogP contribution in [0.1, 0.15) is 41.0 Å². The van der Waals surface area contributed by atoms with Crippen molar-refractivity contribution in [1.82, 2.24) is 14.9 Å². The summed E-state index contributed by atoms with van der Waals surface area (Å²) in [4.78, 5) is 28.0. The summed E-state index contributed by atoms with van der Waals surface area (Å²) in [5.41, 5.74) is 4.83. The molecule has 1 heterocycles. The van der Waals surface area contributed by atoms with E-state index in [2.05, 4.69) is 25.2 Å². The van der Waals surface area contributed by atoms with E-state index in [0.717, 1.165) is 28.9 Å². The molecule has 7 nitrogen and oxygen atoms in total. The van der Waals surface area contributed by atoms with Crippen molar-refractivity contribution in [3.8, 4) is 11.8 Å². The molecule has 3 aromatic rings. The highest BCUT2D eigenvalue weighted by molar-refractivity contribution is 6.08. The van der Waals surface area contributed by atoms with Crippen molar-refractivity contribution in [1.29, 1.82) is 0 Å². The first kappa shape index (κ1) is 24.8. The van der Waals surface area contributed by atoms with Crippen LogP contribution in [0, 0.1) is 6.92 Å². The number of rotatable bonds is 9. The average molecular weight is 458 g/mol. The highest BCUT2D eigenvalue weighted by Crippen LogP contribution is 2.27. The molecule has 0 saturated carbocycles. The molecule has 1 N–H and O–H groups in total. The Kier molecular flexibility index (Phi) is 8.65. The number of ether oxygens (including phenoxy) is 1. The minimum atomic E-state index is -0.179. The van der Waals surface area contributed by atoms with Gasteiger partial charge in [0.1, 0.15) is 5.75 Å². The first-order chi connectivity index (χ1) is 16.4. The molecule has 3 rings (SSSR count). The third-order valence-corrected chi connectivity index (χ3v) is 4.99. The molecule has 0 aliphatic heterocycles. The third kappa shape index (κ3) is 6.83. The first-order valence-electron chi connectivity index (χ1n) is 11.2. The summed E-state index contributed by atoms with van der Waals surface area (Å²) in [5, 5.41) is 2.95. The second-order valence-corrected chi connectivity index (χ2v) is 8.07. The highest BCUT2D eigenvalue weighted by Gasteiger charge is 2.11. The normalized spacial score (nSPS) is 11.8. The summed E-state index contributed by atoms with van der Waals surface area (Å²) >= 11 is 0.